The third-order valence-electron chi connectivity index (χ3n) is 2.65. The molecule has 1 heteroatoms. The molecule has 0 spiro atoms. The van der Waals surface area contributed by atoms with Gasteiger partial charge in [0.2, 0.25) is 0 Å². The SMILES string of the molecule is C=CC(=C)CCC1CCN(C)C1. The van der Waals surface area contributed by atoms with Crippen molar-refractivity contribution in [3.63, 3.8) is 0 Å². The maximum atomic E-state index is 3.92. The minimum Gasteiger partial charge on any atom is -0.306 e. The minimum atomic E-state index is 0.895. The number of hydrogen-bond acceptors (Lipinski definition) is 1. The number of rotatable bonds is 4. The highest BCUT2D eigenvalue weighted by atomic mass is 15.1. The van der Waals surface area contributed by atoms with Crippen LogP contribution in [0.4, 0.5) is 0 Å². The van der Waals surface area contributed by atoms with Gasteiger partial charge in [0.1, 0.15) is 0 Å². The van der Waals surface area contributed by atoms with Crippen LogP contribution in [0.2, 0.25) is 0 Å². The smallest absolute Gasteiger partial charge is 0.000720 e. The van der Waals surface area contributed by atoms with Crippen molar-refractivity contribution in [1.29, 1.82) is 0 Å². The predicted molar refractivity (Wildman–Crippen MR) is 54.2 cm³/mol. The van der Waals surface area contributed by atoms with Gasteiger partial charge in [0.05, 0.1) is 0 Å². The fourth-order valence-corrected chi connectivity index (χ4v) is 1.75. The van der Waals surface area contributed by atoms with Crippen molar-refractivity contribution in [3.05, 3.63) is 24.8 Å². The van der Waals surface area contributed by atoms with E-state index in [1.165, 1.54) is 31.5 Å². The lowest BCUT2D eigenvalue weighted by Gasteiger charge is -2.09. The molecule has 0 radical (unpaired) electrons. The van der Waals surface area contributed by atoms with Gasteiger partial charge in [-0.15, -0.1) is 0 Å². The fourth-order valence-electron chi connectivity index (χ4n) is 1.75. The molecule has 1 saturated heterocycles. The quantitative estimate of drug-likeness (QED) is 0.578. The van der Waals surface area contributed by atoms with Crippen LogP contribution in [-0.2, 0) is 0 Å². The molecule has 1 heterocycles. The highest BCUT2D eigenvalue weighted by Gasteiger charge is 2.18. The summed E-state index contributed by atoms with van der Waals surface area (Å²) in [6.45, 7) is 10.2. The normalized spacial score (nSPS) is 24.2. The van der Waals surface area contributed by atoms with Crippen molar-refractivity contribution < 1.29 is 0 Å². The molecule has 0 aliphatic carbocycles. The van der Waals surface area contributed by atoms with Crippen LogP contribution in [0.15, 0.2) is 24.8 Å². The molecule has 0 aromatic carbocycles. The van der Waals surface area contributed by atoms with Gasteiger partial charge in [-0.2, -0.15) is 0 Å². The summed E-state index contributed by atoms with van der Waals surface area (Å²) in [6, 6.07) is 0. The summed E-state index contributed by atoms with van der Waals surface area (Å²) in [6.07, 6.45) is 5.65. The van der Waals surface area contributed by atoms with Crippen LogP contribution in [0.25, 0.3) is 0 Å². The lowest BCUT2D eigenvalue weighted by Crippen LogP contribution is -2.13. The van der Waals surface area contributed by atoms with Gasteiger partial charge in [0.25, 0.3) is 0 Å². The largest absolute Gasteiger partial charge is 0.306 e. The van der Waals surface area contributed by atoms with Crippen molar-refractivity contribution in [2.75, 3.05) is 20.1 Å². The summed E-state index contributed by atoms with van der Waals surface area (Å²) in [5, 5.41) is 0. The van der Waals surface area contributed by atoms with Gasteiger partial charge >= 0.3 is 0 Å². The Morgan fingerprint density at radius 3 is 2.92 bits per heavy atom. The molecule has 0 saturated carbocycles. The Labute approximate surface area is 75.8 Å². The number of hydrogen-bond donors (Lipinski definition) is 0. The molecular weight excluding hydrogens is 146 g/mol. The van der Waals surface area contributed by atoms with E-state index >= 15 is 0 Å². The minimum absolute atomic E-state index is 0.895. The van der Waals surface area contributed by atoms with Crippen molar-refractivity contribution in [1.82, 2.24) is 4.90 Å². The Hall–Kier alpha value is -0.560. The van der Waals surface area contributed by atoms with Crippen LogP contribution in [0.5, 0.6) is 0 Å². The Morgan fingerprint density at radius 2 is 2.42 bits per heavy atom. The van der Waals surface area contributed by atoms with Crippen LogP contribution in [0, 0.1) is 5.92 Å². The van der Waals surface area contributed by atoms with Crippen molar-refractivity contribution in [3.8, 4) is 0 Å². The summed E-state index contributed by atoms with van der Waals surface area (Å²) in [5.41, 5.74) is 1.18. The number of nitrogens with zero attached hydrogens (tertiary/aromatic N) is 1. The first-order valence-corrected chi connectivity index (χ1v) is 4.71. The summed E-state index contributed by atoms with van der Waals surface area (Å²) >= 11 is 0. The van der Waals surface area contributed by atoms with Crippen LogP contribution in [0.1, 0.15) is 19.3 Å². The van der Waals surface area contributed by atoms with E-state index < -0.39 is 0 Å². The monoisotopic (exact) mass is 165 g/mol. The van der Waals surface area contributed by atoms with E-state index in [1.807, 2.05) is 6.08 Å². The second kappa shape index (κ2) is 4.46. The van der Waals surface area contributed by atoms with E-state index in [0.717, 1.165) is 12.3 Å². The molecule has 1 nitrogen and oxygen atoms in total. The first-order chi connectivity index (χ1) is 5.72. The zero-order chi connectivity index (χ0) is 8.97. The molecule has 0 amide bonds. The van der Waals surface area contributed by atoms with E-state index in [1.54, 1.807) is 0 Å². The van der Waals surface area contributed by atoms with Crippen LogP contribution >= 0.6 is 0 Å². The highest BCUT2D eigenvalue weighted by molar-refractivity contribution is 5.10. The van der Waals surface area contributed by atoms with Gasteiger partial charge < -0.3 is 4.90 Å². The van der Waals surface area contributed by atoms with E-state index in [-0.39, 0.29) is 0 Å². The second-order valence-corrected chi connectivity index (χ2v) is 3.82. The molecule has 0 N–H and O–H groups in total. The van der Waals surface area contributed by atoms with Gasteiger partial charge in [-0.1, -0.05) is 24.8 Å². The summed E-state index contributed by atoms with van der Waals surface area (Å²) in [7, 11) is 2.20. The third-order valence-corrected chi connectivity index (χ3v) is 2.65. The topological polar surface area (TPSA) is 3.24 Å². The standard InChI is InChI=1S/C11H19N/c1-4-10(2)5-6-11-7-8-12(3)9-11/h4,11H,1-2,5-9H2,3H3. The summed E-state index contributed by atoms with van der Waals surface area (Å²) in [5.74, 6) is 0.895. The van der Waals surface area contributed by atoms with Crippen LogP contribution in [-0.4, -0.2) is 25.0 Å². The molecule has 1 unspecified atom stereocenters. The zero-order valence-corrected chi connectivity index (χ0v) is 8.05. The molecule has 0 aromatic heterocycles. The summed E-state index contributed by atoms with van der Waals surface area (Å²) in [4.78, 5) is 2.40. The van der Waals surface area contributed by atoms with Gasteiger partial charge in [-0.3, -0.25) is 0 Å². The Kier molecular flexibility index (Phi) is 3.54. The molecule has 0 aromatic rings. The van der Waals surface area contributed by atoms with Gasteiger partial charge in [0, 0.05) is 6.54 Å². The van der Waals surface area contributed by atoms with Gasteiger partial charge in [-0.25, -0.2) is 0 Å². The molecule has 1 atom stereocenters. The zero-order valence-electron chi connectivity index (χ0n) is 8.05. The first kappa shape index (κ1) is 9.53. The molecule has 1 rings (SSSR count). The number of likely N-dealkylation sites (tertiary alicyclic amines) is 1. The molecule has 1 fully saturated rings. The van der Waals surface area contributed by atoms with Crippen molar-refractivity contribution in [2.45, 2.75) is 19.3 Å². The van der Waals surface area contributed by atoms with Crippen LogP contribution < -0.4 is 0 Å². The average Bonchev–Trinajstić information content (AvgIpc) is 2.47. The van der Waals surface area contributed by atoms with Crippen molar-refractivity contribution in [2.24, 2.45) is 5.92 Å². The second-order valence-electron chi connectivity index (χ2n) is 3.82. The van der Waals surface area contributed by atoms with E-state index in [2.05, 4.69) is 25.1 Å². The Balaban J connectivity index is 2.15. The first-order valence-electron chi connectivity index (χ1n) is 4.71. The third kappa shape index (κ3) is 2.82. The summed E-state index contributed by atoms with van der Waals surface area (Å²) < 4.78 is 0. The highest BCUT2D eigenvalue weighted by Crippen LogP contribution is 2.21. The van der Waals surface area contributed by atoms with Crippen molar-refractivity contribution >= 4 is 0 Å². The molecule has 12 heavy (non-hydrogen) atoms. The maximum Gasteiger partial charge on any atom is 0.000720 e. The molecule has 68 valence electrons. The van der Waals surface area contributed by atoms with Gasteiger partial charge in [0.15, 0.2) is 0 Å². The lowest BCUT2D eigenvalue weighted by atomic mass is 10.00. The van der Waals surface area contributed by atoms with E-state index in [9.17, 15) is 0 Å². The fraction of sp³-hybridized carbons (Fsp3) is 0.636. The van der Waals surface area contributed by atoms with Crippen LogP contribution in [0.3, 0.4) is 0 Å². The molecule has 1 aliphatic rings. The van der Waals surface area contributed by atoms with E-state index in [0.29, 0.717) is 0 Å². The average molecular weight is 165 g/mol. The molecule has 1 aliphatic heterocycles. The lowest BCUT2D eigenvalue weighted by molar-refractivity contribution is 0.388. The Bertz CT molecular complexity index is 172. The molecular formula is C11H19N. The number of allylic oxidation sites excluding steroid dienone is 2. The van der Waals surface area contributed by atoms with E-state index in [4.69, 9.17) is 0 Å². The Morgan fingerprint density at radius 1 is 1.67 bits per heavy atom. The van der Waals surface area contributed by atoms with Gasteiger partial charge in [-0.05, 0) is 38.8 Å². The molecule has 0 bridgehead atoms. The maximum absolute atomic E-state index is 3.92. The predicted octanol–water partition coefficient (Wildman–Crippen LogP) is 2.46.